The molecule has 0 aliphatic heterocycles. The van der Waals surface area contributed by atoms with Crippen molar-refractivity contribution in [1.29, 1.82) is 0 Å². The van der Waals surface area contributed by atoms with Crippen molar-refractivity contribution in [3.8, 4) is 11.5 Å². The minimum Gasteiger partial charge on any atom is -0.490 e. The van der Waals surface area contributed by atoms with Crippen molar-refractivity contribution < 1.29 is 9.47 Å². The Hall–Kier alpha value is -1.18. The van der Waals surface area contributed by atoms with E-state index in [0.29, 0.717) is 6.61 Å². The summed E-state index contributed by atoms with van der Waals surface area (Å²) in [6.45, 7) is 7.17. The van der Waals surface area contributed by atoms with E-state index in [1.54, 1.807) is 0 Å². The van der Waals surface area contributed by atoms with Gasteiger partial charge in [-0.15, -0.1) is 0 Å². The van der Waals surface area contributed by atoms with E-state index in [4.69, 9.17) is 9.47 Å². The average Bonchev–Trinajstić information content (AvgIpc) is 2.24. The summed E-state index contributed by atoms with van der Waals surface area (Å²) in [6.07, 6.45) is 1.77. The number of rotatable bonds is 6. The maximum Gasteiger partial charge on any atom is 0.161 e. The van der Waals surface area contributed by atoms with Crippen molar-refractivity contribution in [1.82, 2.24) is 0 Å². The van der Waals surface area contributed by atoms with Crippen LogP contribution in [-0.2, 0) is 0 Å². The molecule has 2 nitrogen and oxygen atoms in total. The predicted molar refractivity (Wildman–Crippen MR) is 57.7 cm³/mol. The van der Waals surface area contributed by atoms with Crippen molar-refractivity contribution in [2.24, 2.45) is 0 Å². The van der Waals surface area contributed by atoms with Crippen molar-refractivity contribution >= 4 is 0 Å². The van der Waals surface area contributed by atoms with Gasteiger partial charge < -0.3 is 9.47 Å². The molecule has 1 rings (SSSR count). The molecule has 0 aromatic heterocycles. The Balaban J connectivity index is 2.60. The number of hydrogen-bond acceptors (Lipinski definition) is 2. The molecular formula is C12H17O2. The molecule has 0 N–H and O–H groups in total. The van der Waals surface area contributed by atoms with Crippen LogP contribution in [0.1, 0.15) is 19.8 Å². The first-order valence-electron chi connectivity index (χ1n) is 5.02. The Bertz CT molecular complexity index is 231. The second kappa shape index (κ2) is 6.30. The van der Waals surface area contributed by atoms with Gasteiger partial charge >= 0.3 is 0 Å². The predicted octanol–water partition coefficient (Wildman–Crippen LogP) is 3.08. The SMILES string of the molecule is [CH2]CCOc1ccccc1OCCC. The van der Waals surface area contributed by atoms with Crippen LogP contribution in [0.3, 0.4) is 0 Å². The third-order valence-electron chi connectivity index (χ3n) is 1.71. The molecule has 0 aliphatic rings. The van der Waals surface area contributed by atoms with Gasteiger partial charge in [0, 0.05) is 0 Å². The Morgan fingerprint density at radius 2 is 1.64 bits per heavy atom. The van der Waals surface area contributed by atoms with Crippen LogP contribution in [-0.4, -0.2) is 13.2 Å². The van der Waals surface area contributed by atoms with Crippen LogP contribution in [0.4, 0.5) is 0 Å². The van der Waals surface area contributed by atoms with E-state index in [9.17, 15) is 0 Å². The lowest BCUT2D eigenvalue weighted by Gasteiger charge is -2.11. The molecule has 0 atom stereocenters. The highest BCUT2D eigenvalue weighted by atomic mass is 16.5. The van der Waals surface area contributed by atoms with E-state index in [0.717, 1.165) is 30.9 Å². The fourth-order valence-corrected chi connectivity index (χ4v) is 1.08. The molecule has 14 heavy (non-hydrogen) atoms. The lowest BCUT2D eigenvalue weighted by Crippen LogP contribution is -2.00. The first-order chi connectivity index (χ1) is 6.88. The van der Waals surface area contributed by atoms with E-state index in [-0.39, 0.29) is 0 Å². The normalized spacial score (nSPS) is 9.86. The maximum atomic E-state index is 5.54. The lowest BCUT2D eigenvalue weighted by molar-refractivity contribution is 0.271. The topological polar surface area (TPSA) is 18.5 Å². The van der Waals surface area contributed by atoms with Crippen LogP contribution >= 0.6 is 0 Å². The van der Waals surface area contributed by atoms with Crippen LogP contribution in [0.2, 0.25) is 0 Å². The van der Waals surface area contributed by atoms with Crippen LogP contribution < -0.4 is 9.47 Å². The van der Waals surface area contributed by atoms with Crippen molar-refractivity contribution in [3.63, 3.8) is 0 Å². The fourth-order valence-electron chi connectivity index (χ4n) is 1.08. The average molecular weight is 193 g/mol. The molecule has 1 aromatic carbocycles. The van der Waals surface area contributed by atoms with Gasteiger partial charge in [0.1, 0.15) is 0 Å². The number of benzene rings is 1. The van der Waals surface area contributed by atoms with Gasteiger partial charge in [-0.2, -0.15) is 0 Å². The molecule has 1 aromatic rings. The van der Waals surface area contributed by atoms with Gasteiger partial charge in [0.2, 0.25) is 0 Å². The molecule has 0 saturated carbocycles. The molecule has 0 fully saturated rings. The molecular weight excluding hydrogens is 176 g/mol. The molecule has 0 unspecified atom stereocenters. The van der Waals surface area contributed by atoms with Crippen LogP contribution in [0.15, 0.2) is 24.3 Å². The second-order valence-corrected chi connectivity index (χ2v) is 3.00. The van der Waals surface area contributed by atoms with Gasteiger partial charge in [-0.1, -0.05) is 19.1 Å². The number of ether oxygens (including phenoxy) is 2. The van der Waals surface area contributed by atoms with Crippen molar-refractivity contribution in [2.45, 2.75) is 19.8 Å². The fraction of sp³-hybridized carbons (Fsp3) is 0.417. The summed E-state index contributed by atoms with van der Waals surface area (Å²) < 4.78 is 11.0. The summed E-state index contributed by atoms with van der Waals surface area (Å²) in [5.41, 5.74) is 0. The molecule has 0 spiro atoms. The highest BCUT2D eigenvalue weighted by Gasteiger charge is 2.02. The van der Waals surface area contributed by atoms with Gasteiger partial charge in [0.25, 0.3) is 0 Å². The van der Waals surface area contributed by atoms with E-state index in [2.05, 4.69) is 13.8 Å². The van der Waals surface area contributed by atoms with Crippen LogP contribution in [0.5, 0.6) is 11.5 Å². The standard InChI is InChI=1S/C12H17O2/c1-3-9-13-11-7-5-6-8-12(11)14-10-4-2/h5-8H,1,3-4,9-10H2,2H3. The van der Waals surface area contributed by atoms with Crippen molar-refractivity contribution in [3.05, 3.63) is 31.2 Å². The molecule has 0 aliphatic carbocycles. The summed E-state index contributed by atoms with van der Waals surface area (Å²) in [6, 6.07) is 7.73. The highest BCUT2D eigenvalue weighted by Crippen LogP contribution is 2.26. The zero-order valence-electron chi connectivity index (χ0n) is 8.66. The molecule has 0 amide bonds. The summed E-state index contributed by atoms with van der Waals surface area (Å²) in [7, 11) is 0. The van der Waals surface area contributed by atoms with Gasteiger partial charge in [-0.05, 0) is 31.9 Å². The third kappa shape index (κ3) is 3.29. The van der Waals surface area contributed by atoms with Gasteiger partial charge in [-0.25, -0.2) is 0 Å². The zero-order chi connectivity index (χ0) is 10.2. The lowest BCUT2D eigenvalue weighted by atomic mass is 10.3. The van der Waals surface area contributed by atoms with E-state index in [1.807, 2.05) is 24.3 Å². The van der Waals surface area contributed by atoms with Crippen LogP contribution in [0.25, 0.3) is 0 Å². The molecule has 0 saturated heterocycles. The summed E-state index contributed by atoms with van der Waals surface area (Å²) in [4.78, 5) is 0. The van der Waals surface area contributed by atoms with Gasteiger partial charge in [-0.3, -0.25) is 0 Å². The van der Waals surface area contributed by atoms with E-state index in [1.165, 1.54) is 0 Å². The monoisotopic (exact) mass is 193 g/mol. The smallest absolute Gasteiger partial charge is 0.161 e. The van der Waals surface area contributed by atoms with Crippen LogP contribution in [0, 0.1) is 6.92 Å². The number of para-hydroxylation sites is 2. The summed E-state index contributed by atoms with van der Waals surface area (Å²) in [5.74, 6) is 1.63. The van der Waals surface area contributed by atoms with Crippen molar-refractivity contribution in [2.75, 3.05) is 13.2 Å². The minimum atomic E-state index is 0.631. The van der Waals surface area contributed by atoms with E-state index < -0.39 is 0 Å². The second-order valence-electron chi connectivity index (χ2n) is 3.00. The Morgan fingerprint density at radius 1 is 1.07 bits per heavy atom. The Labute approximate surface area is 85.8 Å². The Morgan fingerprint density at radius 3 is 2.14 bits per heavy atom. The quantitative estimate of drug-likeness (QED) is 0.691. The molecule has 2 heteroatoms. The summed E-state index contributed by atoms with van der Waals surface area (Å²) >= 11 is 0. The van der Waals surface area contributed by atoms with E-state index >= 15 is 0 Å². The van der Waals surface area contributed by atoms with Gasteiger partial charge in [0.05, 0.1) is 13.2 Å². The molecule has 0 bridgehead atoms. The highest BCUT2D eigenvalue weighted by molar-refractivity contribution is 5.39. The maximum absolute atomic E-state index is 5.54. The first kappa shape index (κ1) is 10.9. The molecule has 0 heterocycles. The molecule has 77 valence electrons. The Kier molecular flexibility index (Phi) is 4.90. The van der Waals surface area contributed by atoms with Gasteiger partial charge in [0.15, 0.2) is 11.5 Å². The minimum absolute atomic E-state index is 0.631. The first-order valence-corrected chi connectivity index (χ1v) is 5.02. The third-order valence-corrected chi connectivity index (χ3v) is 1.71. The molecule has 1 radical (unpaired) electrons. The largest absolute Gasteiger partial charge is 0.490 e. The number of hydrogen-bond donors (Lipinski definition) is 0. The zero-order valence-corrected chi connectivity index (χ0v) is 8.66. The summed E-state index contributed by atoms with van der Waals surface area (Å²) in [5, 5.41) is 0.